The summed E-state index contributed by atoms with van der Waals surface area (Å²) >= 11 is 1.56. The Morgan fingerprint density at radius 2 is 2.33 bits per heavy atom. The predicted molar refractivity (Wildman–Crippen MR) is 72.0 cm³/mol. The molecule has 98 valence electrons. The molecule has 1 atom stereocenters. The number of nitrogens with zero attached hydrogens (tertiary/aromatic N) is 1. The second-order valence-corrected chi connectivity index (χ2v) is 5.03. The van der Waals surface area contributed by atoms with E-state index in [1.54, 1.807) is 11.8 Å². The van der Waals surface area contributed by atoms with Crippen molar-refractivity contribution in [3.8, 4) is 0 Å². The fourth-order valence-corrected chi connectivity index (χ4v) is 2.06. The van der Waals surface area contributed by atoms with E-state index in [-0.39, 0.29) is 6.61 Å². The number of hydrogen-bond acceptors (Lipinski definition) is 6. The molecule has 0 saturated carbocycles. The Balaban J connectivity index is 2.11. The number of oxazole rings is 1. The highest BCUT2D eigenvalue weighted by Crippen LogP contribution is 2.25. The van der Waals surface area contributed by atoms with Gasteiger partial charge < -0.3 is 19.9 Å². The van der Waals surface area contributed by atoms with Gasteiger partial charge in [-0.2, -0.15) is 0 Å². The van der Waals surface area contributed by atoms with Crippen LogP contribution in [-0.4, -0.2) is 40.2 Å². The quantitative estimate of drug-likeness (QED) is 0.692. The van der Waals surface area contributed by atoms with Crippen molar-refractivity contribution in [2.75, 3.05) is 24.2 Å². The number of anilines is 1. The zero-order chi connectivity index (χ0) is 13.0. The Bertz CT molecular complexity index is 515. The lowest BCUT2D eigenvalue weighted by Gasteiger charge is -2.09. The van der Waals surface area contributed by atoms with Crippen molar-refractivity contribution in [3.63, 3.8) is 0 Å². The molecule has 18 heavy (non-hydrogen) atoms. The van der Waals surface area contributed by atoms with Crippen LogP contribution in [0.5, 0.6) is 0 Å². The monoisotopic (exact) mass is 268 g/mol. The lowest BCUT2D eigenvalue weighted by atomic mass is 10.2. The normalized spacial score (nSPS) is 12.8. The highest BCUT2D eigenvalue weighted by Gasteiger charge is 2.07. The van der Waals surface area contributed by atoms with Crippen LogP contribution < -0.4 is 5.32 Å². The van der Waals surface area contributed by atoms with Crippen LogP contribution in [0.2, 0.25) is 0 Å². The number of aliphatic hydroxyl groups excluding tert-OH is 2. The SMILES string of the molecule is CCSc1nc2ccc(NCC(O)CO)cc2o1. The zero-order valence-electron chi connectivity index (χ0n) is 10.1. The molecule has 0 aliphatic heterocycles. The number of nitrogens with one attached hydrogen (secondary N) is 1. The molecule has 0 radical (unpaired) electrons. The van der Waals surface area contributed by atoms with E-state index in [1.807, 2.05) is 25.1 Å². The third-order valence-electron chi connectivity index (χ3n) is 2.39. The lowest BCUT2D eigenvalue weighted by Crippen LogP contribution is -2.22. The fourth-order valence-electron chi connectivity index (χ4n) is 1.50. The van der Waals surface area contributed by atoms with E-state index in [0.717, 1.165) is 22.5 Å². The van der Waals surface area contributed by atoms with E-state index in [9.17, 15) is 5.11 Å². The first kappa shape index (κ1) is 13.2. The summed E-state index contributed by atoms with van der Waals surface area (Å²) in [4.78, 5) is 4.33. The van der Waals surface area contributed by atoms with Gasteiger partial charge in [-0.3, -0.25) is 0 Å². The molecule has 0 aliphatic rings. The van der Waals surface area contributed by atoms with E-state index >= 15 is 0 Å². The second-order valence-electron chi connectivity index (χ2n) is 3.81. The number of hydrogen-bond donors (Lipinski definition) is 3. The molecular formula is C12H16N2O3S. The number of rotatable bonds is 6. The Hall–Kier alpha value is -1.24. The number of aromatic nitrogens is 1. The Labute approximate surface area is 109 Å². The molecule has 6 heteroatoms. The summed E-state index contributed by atoms with van der Waals surface area (Å²) in [5.74, 6) is 0.917. The lowest BCUT2D eigenvalue weighted by molar-refractivity contribution is 0.105. The number of benzene rings is 1. The third-order valence-corrected chi connectivity index (χ3v) is 3.10. The van der Waals surface area contributed by atoms with Crippen LogP contribution >= 0.6 is 11.8 Å². The van der Waals surface area contributed by atoms with Crippen LogP contribution in [0.1, 0.15) is 6.92 Å². The molecule has 2 aromatic rings. The van der Waals surface area contributed by atoms with Gasteiger partial charge in [0.15, 0.2) is 5.58 Å². The van der Waals surface area contributed by atoms with Gasteiger partial charge in [0.1, 0.15) is 5.52 Å². The molecule has 1 aromatic heterocycles. The molecule has 1 unspecified atom stereocenters. The summed E-state index contributed by atoms with van der Waals surface area (Å²) in [5, 5.41) is 21.7. The molecule has 0 spiro atoms. The van der Waals surface area contributed by atoms with E-state index in [4.69, 9.17) is 9.52 Å². The average Bonchev–Trinajstić information content (AvgIpc) is 2.77. The van der Waals surface area contributed by atoms with Gasteiger partial charge in [-0.25, -0.2) is 4.98 Å². The minimum absolute atomic E-state index is 0.255. The van der Waals surface area contributed by atoms with E-state index in [1.165, 1.54) is 0 Å². The molecule has 1 heterocycles. The highest BCUT2D eigenvalue weighted by molar-refractivity contribution is 7.99. The van der Waals surface area contributed by atoms with Crippen molar-refractivity contribution < 1.29 is 14.6 Å². The number of thioether (sulfide) groups is 1. The van der Waals surface area contributed by atoms with Crippen molar-refractivity contribution >= 4 is 28.5 Å². The Morgan fingerprint density at radius 1 is 1.50 bits per heavy atom. The fraction of sp³-hybridized carbons (Fsp3) is 0.417. The molecule has 2 rings (SSSR count). The van der Waals surface area contributed by atoms with E-state index in [0.29, 0.717) is 11.8 Å². The van der Waals surface area contributed by atoms with Gasteiger partial charge in [-0.05, 0) is 17.9 Å². The summed E-state index contributed by atoms with van der Waals surface area (Å²) in [6.07, 6.45) is -0.762. The van der Waals surface area contributed by atoms with Crippen molar-refractivity contribution in [3.05, 3.63) is 18.2 Å². The second kappa shape index (κ2) is 6.08. The minimum atomic E-state index is -0.762. The summed E-state index contributed by atoms with van der Waals surface area (Å²) in [7, 11) is 0. The summed E-state index contributed by atoms with van der Waals surface area (Å²) in [6, 6.07) is 5.58. The van der Waals surface area contributed by atoms with Gasteiger partial charge >= 0.3 is 0 Å². The van der Waals surface area contributed by atoms with Crippen LogP contribution in [0.4, 0.5) is 5.69 Å². The van der Waals surface area contributed by atoms with Crippen LogP contribution in [-0.2, 0) is 0 Å². The van der Waals surface area contributed by atoms with Crippen LogP contribution in [0.15, 0.2) is 27.8 Å². The molecule has 0 saturated heterocycles. The van der Waals surface area contributed by atoms with E-state index in [2.05, 4.69) is 10.3 Å². The number of aliphatic hydroxyl groups is 2. The van der Waals surface area contributed by atoms with E-state index < -0.39 is 6.10 Å². The molecule has 1 aromatic carbocycles. The molecule has 0 bridgehead atoms. The van der Waals surface area contributed by atoms with Gasteiger partial charge in [0.05, 0.1) is 12.7 Å². The van der Waals surface area contributed by atoms with Gasteiger partial charge in [0.2, 0.25) is 0 Å². The standard InChI is InChI=1S/C12H16N2O3S/c1-2-18-12-14-10-4-3-8(5-11(10)17-12)13-6-9(16)7-15/h3-5,9,13,15-16H,2,6-7H2,1H3. The average molecular weight is 268 g/mol. The molecular weight excluding hydrogens is 252 g/mol. The summed E-state index contributed by atoms with van der Waals surface area (Å²) < 4.78 is 5.58. The Morgan fingerprint density at radius 3 is 3.06 bits per heavy atom. The Kier molecular flexibility index (Phi) is 4.46. The maximum Gasteiger partial charge on any atom is 0.256 e. The van der Waals surface area contributed by atoms with Crippen LogP contribution in [0.25, 0.3) is 11.1 Å². The minimum Gasteiger partial charge on any atom is -0.431 e. The zero-order valence-corrected chi connectivity index (χ0v) is 10.9. The smallest absolute Gasteiger partial charge is 0.256 e. The topological polar surface area (TPSA) is 78.5 Å². The first-order valence-corrected chi connectivity index (χ1v) is 6.77. The maximum atomic E-state index is 9.25. The largest absolute Gasteiger partial charge is 0.431 e. The summed E-state index contributed by atoms with van der Waals surface area (Å²) in [5.41, 5.74) is 2.37. The highest BCUT2D eigenvalue weighted by atomic mass is 32.2. The van der Waals surface area contributed by atoms with Crippen LogP contribution in [0, 0.1) is 0 Å². The third kappa shape index (κ3) is 3.16. The van der Waals surface area contributed by atoms with Gasteiger partial charge in [0.25, 0.3) is 5.22 Å². The molecule has 0 amide bonds. The van der Waals surface area contributed by atoms with Crippen LogP contribution in [0.3, 0.4) is 0 Å². The first-order chi connectivity index (χ1) is 8.72. The van der Waals surface area contributed by atoms with Gasteiger partial charge in [0, 0.05) is 18.3 Å². The van der Waals surface area contributed by atoms with Crippen molar-refractivity contribution in [2.24, 2.45) is 0 Å². The van der Waals surface area contributed by atoms with Crippen molar-refractivity contribution in [1.82, 2.24) is 4.98 Å². The predicted octanol–water partition coefficient (Wildman–Crippen LogP) is 1.70. The summed E-state index contributed by atoms with van der Waals surface area (Å²) in [6.45, 7) is 2.09. The molecule has 5 nitrogen and oxygen atoms in total. The molecule has 0 aliphatic carbocycles. The molecule has 3 N–H and O–H groups in total. The van der Waals surface area contributed by atoms with Gasteiger partial charge in [-0.1, -0.05) is 18.7 Å². The van der Waals surface area contributed by atoms with Crippen molar-refractivity contribution in [1.29, 1.82) is 0 Å². The first-order valence-electron chi connectivity index (χ1n) is 5.79. The van der Waals surface area contributed by atoms with Crippen molar-refractivity contribution in [2.45, 2.75) is 18.3 Å². The van der Waals surface area contributed by atoms with Gasteiger partial charge in [-0.15, -0.1) is 0 Å². The molecule has 0 fully saturated rings. The number of fused-ring (bicyclic) bond motifs is 1. The maximum absolute atomic E-state index is 9.25.